The quantitative estimate of drug-likeness (QED) is 0.332. The lowest BCUT2D eigenvalue weighted by molar-refractivity contribution is 1.81. The maximum Gasteiger partial charge on any atom is -0.00203 e. The van der Waals surface area contributed by atoms with Crippen molar-refractivity contribution in [3.05, 3.63) is 72.8 Å². The summed E-state index contributed by atoms with van der Waals surface area (Å²) < 4.78 is 0. The van der Waals surface area contributed by atoms with Crippen LogP contribution in [0.15, 0.2) is 72.8 Å². The van der Waals surface area contributed by atoms with Crippen LogP contribution < -0.4 is 0 Å². The molecular weight excluding hydrogens is 240 g/mol. The second-order valence-corrected chi connectivity index (χ2v) is 5.45. The van der Waals surface area contributed by atoms with Crippen LogP contribution in [0.2, 0.25) is 0 Å². The highest BCUT2D eigenvalue weighted by atomic mass is 14.2. The van der Waals surface area contributed by atoms with Crippen LogP contribution in [0, 0.1) is 0 Å². The lowest BCUT2D eigenvalue weighted by atomic mass is 9.99. The van der Waals surface area contributed by atoms with Gasteiger partial charge >= 0.3 is 0 Å². The van der Waals surface area contributed by atoms with Gasteiger partial charge in [0, 0.05) is 0 Å². The van der Waals surface area contributed by atoms with E-state index in [2.05, 4.69) is 72.8 Å². The van der Waals surface area contributed by atoms with Crippen molar-refractivity contribution in [3.8, 4) is 11.1 Å². The first-order valence-corrected chi connectivity index (χ1v) is 6.97. The molecule has 0 spiro atoms. The Bertz CT molecular complexity index is 1040. The van der Waals surface area contributed by atoms with Crippen molar-refractivity contribution in [3.63, 3.8) is 0 Å². The molecule has 0 aliphatic heterocycles. The predicted octanol–water partition coefficient (Wildman–Crippen LogP) is 5.69. The van der Waals surface area contributed by atoms with Gasteiger partial charge in [-0.1, -0.05) is 66.7 Å². The van der Waals surface area contributed by atoms with Gasteiger partial charge in [0.25, 0.3) is 0 Å². The van der Waals surface area contributed by atoms with Gasteiger partial charge in [-0.25, -0.2) is 0 Å². The van der Waals surface area contributed by atoms with Crippen LogP contribution in [-0.2, 0) is 0 Å². The predicted molar refractivity (Wildman–Crippen MR) is 86.8 cm³/mol. The first kappa shape index (κ1) is 10.2. The Labute approximate surface area is 116 Å². The van der Waals surface area contributed by atoms with Crippen LogP contribution in [-0.4, -0.2) is 0 Å². The molecule has 5 rings (SSSR count). The third kappa shape index (κ3) is 1.16. The summed E-state index contributed by atoms with van der Waals surface area (Å²) in [6.45, 7) is 0. The largest absolute Gasteiger partial charge is 0.0616 e. The summed E-state index contributed by atoms with van der Waals surface area (Å²) >= 11 is 0. The van der Waals surface area contributed by atoms with Crippen molar-refractivity contribution in [2.24, 2.45) is 0 Å². The van der Waals surface area contributed by atoms with Gasteiger partial charge in [0.15, 0.2) is 0 Å². The van der Waals surface area contributed by atoms with Gasteiger partial charge in [-0.15, -0.1) is 0 Å². The fourth-order valence-corrected chi connectivity index (χ4v) is 3.48. The lowest BCUT2D eigenvalue weighted by Gasteiger charge is -2.04. The summed E-state index contributed by atoms with van der Waals surface area (Å²) in [6, 6.07) is 26.5. The number of hydrogen-bond acceptors (Lipinski definition) is 0. The maximum atomic E-state index is 2.34. The molecule has 0 saturated carbocycles. The van der Waals surface area contributed by atoms with Crippen molar-refractivity contribution in [1.29, 1.82) is 0 Å². The summed E-state index contributed by atoms with van der Waals surface area (Å²) in [4.78, 5) is 0. The molecule has 2 aliphatic rings. The normalized spacial score (nSPS) is 12.0. The van der Waals surface area contributed by atoms with E-state index in [1.807, 2.05) is 0 Å². The molecule has 0 bridgehead atoms. The first-order chi connectivity index (χ1) is 9.92. The molecule has 0 fully saturated rings. The van der Waals surface area contributed by atoms with Crippen LogP contribution in [0.25, 0.3) is 43.4 Å². The van der Waals surface area contributed by atoms with Crippen LogP contribution in [0.1, 0.15) is 0 Å². The summed E-state index contributed by atoms with van der Waals surface area (Å²) in [5, 5.41) is 8.05. The molecule has 0 amide bonds. The fourth-order valence-electron chi connectivity index (χ4n) is 3.48. The van der Waals surface area contributed by atoms with Gasteiger partial charge in [-0.2, -0.15) is 0 Å². The zero-order valence-electron chi connectivity index (χ0n) is 10.9. The number of benzene rings is 3. The minimum atomic E-state index is 1.30. The third-order valence-corrected chi connectivity index (χ3v) is 4.37. The molecule has 0 aromatic heterocycles. The number of fused-ring (bicyclic) bond motifs is 2. The highest BCUT2D eigenvalue weighted by Crippen LogP contribution is 2.43. The molecule has 92 valence electrons. The zero-order chi connectivity index (χ0) is 13.1. The van der Waals surface area contributed by atoms with E-state index in [0.29, 0.717) is 0 Å². The molecule has 0 N–H and O–H groups in total. The smallest absolute Gasteiger partial charge is 0.00203 e. The Morgan fingerprint density at radius 1 is 0.500 bits per heavy atom. The maximum absolute atomic E-state index is 2.34. The van der Waals surface area contributed by atoms with Crippen molar-refractivity contribution in [2.45, 2.75) is 0 Å². The minimum absolute atomic E-state index is 1.30. The van der Waals surface area contributed by atoms with Gasteiger partial charge in [-0.05, 0) is 49.5 Å². The van der Waals surface area contributed by atoms with E-state index in [0.717, 1.165) is 0 Å². The van der Waals surface area contributed by atoms with Crippen LogP contribution in [0.3, 0.4) is 0 Å². The molecule has 20 heavy (non-hydrogen) atoms. The molecule has 0 radical (unpaired) electrons. The number of rotatable bonds is 0. The molecule has 0 unspecified atom stereocenters. The van der Waals surface area contributed by atoms with E-state index in [9.17, 15) is 0 Å². The lowest BCUT2D eigenvalue weighted by Crippen LogP contribution is -1.77. The Hall–Kier alpha value is -2.60. The van der Waals surface area contributed by atoms with Gasteiger partial charge in [0.1, 0.15) is 0 Å². The second kappa shape index (κ2) is 3.49. The average Bonchev–Trinajstić information content (AvgIpc) is 2.81. The zero-order valence-corrected chi connectivity index (χ0v) is 10.9. The molecule has 3 aromatic rings. The standard InChI is InChI=1S/C20H12/c1-2-7-17-13(4-1)8-9-15-11-10-14-5-3-6-16-12-18(17)20(15)19(14)16/h1-12H. The third-order valence-electron chi connectivity index (χ3n) is 4.37. The topological polar surface area (TPSA) is 0 Å². The van der Waals surface area contributed by atoms with Gasteiger partial charge in [0.05, 0.1) is 0 Å². The summed E-state index contributed by atoms with van der Waals surface area (Å²) in [6.07, 6.45) is 0. The van der Waals surface area contributed by atoms with Gasteiger partial charge in [0.2, 0.25) is 0 Å². The van der Waals surface area contributed by atoms with Crippen LogP contribution in [0.5, 0.6) is 0 Å². The van der Waals surface area contributed by atoms with Crippen LogP contribution in [0.4, 0.5) is 0 Å². The van der Waals surface area contributed by atoms with E-state index < -0.39 is 0 Å². The van der Waals surface area contributed by atoms with E-state index in [4.69, 9.17) is 0 Å². The van der Waals surface area contributed by atoms with E-state index >= 15 is 0 Å². The molecule has 0 atom stereocenters. The van der Waals surface area contributed by atoms with Gasteiger partial charge < -0.3 is 0 Å². The molecule has 3 aromatic carbocycles. The van der Waals surface area contributed by atoms with Crippen LogP contribution >= 0.6 is 0 Å². The average molecular weight is 252 g/mol. The number of hydrogen-bond donors (Lipinski definition) is 0. The SMILES string of the molecule is c1ccc2c3cc4cccc5ccc(ccc2c1)c-3c54. The first-order valence-electron chi connectivity index (χ1n) is 6.97. The van der Waals surface area contributed by atoms with Crippen molar-refractivity contribution in [1.82, 2.24) is 0 Å². The van der Waals surface area contributed by atoms with Gasteiger partial charge in [-0.3, -0.25) is 0 Å². The van der Waals surface area contributed by atoms with E-state index in [-0.39, 0.29) is 0 Å². The molecule has 2 aliphatic carbocycles. The molecule has 0 heterocycles. The summed E-state index contributed by atoms with van der Waals surface area (Å²) in [5.74, 6) is 0. The Morgan fingerprint density at radius 2 is 1.20 bits per heavy atom. The monoisotopic (exact) mass is 252 g/mol. The molecule has 0 saturated heterocycles. The van der Waals surface area contributed by atoms with Crippen molar-refractivity contribution >= 4 is 32.3 Å². The highest BCUT2D eigenvalue weighted by Gasteiger charge is 2.16. The Balaban J connectivity index is 2.18. The highest BCUT2D eigenvalue weighted by molar-refractivity contribution is 6.21. The summed E-state index contributed by atoms with van der Waals surface area (Å²) in [7, 11) is 0. The van der Waals surface area contributed by atoms with Crippen molar-refractivity contribution < 1.29 is 0 Å². The Morgan fingerprint density at radius 3 is 2.15 bits per heavy atom. The summed E-state index contributed by atoms with van der Waals surface area (Å²) in [5.41, 5.74) is 2.77. The van der Waals surface area contributed by atoms with Crippen molar-refractivity contribution in [2.75, 3.05) is 0 Å². The minimum Gasteiger partial charge on any atom is -0.0616 e. The Kier molecular flexibility index (Phi) is 1.78. The second-order valence-electron chi connectivity index (χ2n) is 5.45. The molecule has 0 heteroatoms. The van der Waals surface area contributed by atoms with E-state index in [1.165, 1.54) is 43.4 Å². The van der Waals surface area contributed by atoms with E-state index in [1.54, 1.807) is 0 Å². The molecular formula is C20H12. The molecule has 0 nitrogen and oxygen atoms in total. The fraction of sp³-hybridized carbons (Fsp3) is 0.